The van der Waals surface area contributed by atoms with Crippen molar-refractivity contribution in [1.82, 2.24) is 4.90 Å². The van der Waals surface area contributed by atoms with Crippen LogP contribution in [0.3, 0.4) is 0 Å². The average Bonchev–Trinajstić information content (AvgIpc) is 2.09. The van der Waals surface area contributed by atoms with Crippen LogP contribution in [0.4, 0.5) is 0 Å². The Morgan fingerprint density at radius 1 is 1.29 bits per heavy atom. The van der Waals surface area contributed by atoms with Crippen LogP contribution in [0, 0.1) is 12.3 Å². The molecule has 2 heteroatoms. The minimum absolute atomic E-state index is 0.380. The van der Waals surface area contributed by atoms with Crippen LogP contribution in [0.1, 0.15) is 34.1 Å². The van der Waals surface area contributed by atoms with Crippen molar-refractivity contribution in [3.63, 3.8) is 0 Å². The minimum atomic E-state index is 0.380. The molecule has 0 saturated carbocycles. The summed E-state index contributed by atoms with van der Waals surface area (Å²) in [6.07, 6.45) is 6.12. The minimum Gasteiger partial charge on any atom is -0.302 e. The highest BCUT2D eigenvalue weighted by Crippen LogP contribution is 2.22. The zero-order chi connectivity index (χ0) is 11.0. The van der Waals surface area contributed by atoms with Crippen LogP contribution >= 0.6 is 11.8 Å². The molecule has 0 fully saturated rings. The first kappa shape index (κ1) is 13.9. The Balaban J connectivity index is 3.58. The van der Waals surface area contributed by atoms with Gasteiger partial charge in [-0.05, 0) is 6.54 Å². The van der Waals surface area contributed by atoms with Crippen LogP contribution < -0.4 is 0 Å². The number of thioether (sulfide) groups is 1. The molecule has 0 amide bonds. The zero-order valence-corrected chi connectivity index (χ0v) is 10.8. The Morgan fingerprint density at radius 3 is 2.36 bits per heavy atom. The van der Waals surface area contributed by atoms with E-state index >= 15 is 0 Å². The summed E-state index contributed by atoms with van der Waals surface area (Å²) in [7, 11) is 0. The summed E-state index contributed by atoms with van der Waals surface area (Å²) in [5.74, 6) is 3.89. The number of nitrogens with zero attached hydrogens (tertiary/aromatic N) is 1. The summed E-state index contributed by atoms with van der Waals surface area (Å²) in [6.45, 7) is 12.3. The molecule has 82 valence electrons. The SMILES string of the molecule is C#CCCN(CC)CCSC(C)(C)C. The lowest BCUT2D eigenvalue weighted by Crippen LogP contribution is -2.27. The van der Waals surface area contributed by atoms with Crippen LogP contribution in [0.25, 0.3) is 0 Å². The van der Waals surface area contributed by atoms with Crippen molar-refractivity contribution < 1.29 is 0 Å². The number of hydrogen-bond donors (Lipinski definition) is 0. The van der Waals surface area contributed by atoms with E-state index in [1.54, 1.807) is 0 Å². The maximum Gasteiger partial charge on any atom is 0.0214 e. The highest BCUT2D eigenvalue weighted by molar-refractivity contribution is 8.00. The molecule has 0 rings (SSSR count). The van der Waals surface area contributed by atoms with E-state index in [-0.39, 0.29) is 0 Å². The predicted molar refractivity (Wildman–Crippen MR) is 67.8 cm³/mol. The third kappa shape index (κ3) is 8.47. The van der Waals surface area contributed by atoms with Crippen LogP contribution in [-0.4, -0.2) is 35.0 Å². The van der Waals surface area contributed by atoms with Gasteiger partial charge < -0.3 is 4.90 Å². The molecule has 0 heterocycles. The summed E-state index contributed by atoms with van der Waals surface area (Å²) < 4.78 is 0.380. The molecular weight excluding hydrogens is 190 g/mol. The summed E-state index contributed by atoms with van der Waals surface area (Å²) in [5.41, 5.74) is 0. The Hall–Kier alpha value is -0.130. The van der Waals surface area contributed by atoms with Gasteiger partial charge in [0.2, 0.25) is 0 Å². The number of terminal acetylenes is 1. The van der Waals surface area contributed by atoms with Gasteiger partial charge in [-0.1, -0.05) is 27.7 Å². The average molecular weight is 213 g/mol. The molecule has 0 atom stereocenters. The Kier molecular flexibility index (Phi) is 7.13. The Labute approximate surface area is 93.6 Å². The first-order chi connectivity index (χ1) is 6.49. The molecule has 0 aliphatic heterocycles. The molecule has 0 aliphatic carbocycles. The quantitative estimate of drug-likeness (QED) is 0.624. The lowest BCUT2D eigenvalue weighted by atomic mass is 10.3. The van der Waals surface area contributed by atoms with E-state index in [0.29, 0.717) is 4.75 Å². The Morgan fingerprint density at radius 2 is 1.93 bits per heavy atom. The molecule has 14 heavy (non-hydrogen) atoms. The van der Waals surface area contributed by atoms with E-state index in [1.807, 2.05) is 11.8 Å². The second kappa shape index (κ2) is 7.20. The summed E-state index contributed by atoms with van der Waals surface area (Å²) in [4.78, 5) is 2.42. The highest BCUT2D eigenvalue weighted by atomic mass is 32.2. The van der Waals surface area contributed by atoms with Crippen LogP contribution in [0.15, 0.2) is 0 Å². The highest BCUT2D eigenvalue weighted by Gasteiger charge is 2.10. The van der Waals surface area contributed by atoms with Crippen molar-refractivity contribution in [3.05, 3.63) is 0 Å². The second-order valence-electron chi connectivity index (χ2n) is 4.35. The van der Waals surface area contributed by atoms with Crippen LogP contribution in [0.2, 0.25) is 0 Å². The lowest BCUT2D eigenvalue weighted by Gasteiger charge is -2.22. The monoisotopic (exact) mass is 213 g/mol. The maximum atomic E-state index is 5.25. The third-order valence-corrected chi connectivity index (χ3v) is 3.21. The smallest absolute Gasteiger partial charge is 0.0214 e. The van der Waals surface area contributed by atoms with E-state index in [0.717, 1.165) is 26.1 Å². The van der Waals surface area contributed by atoms with Crippen LogP contribution in [0.5, 0.6) is 0 Å². The van der Waals surface area contributed by atoms with Crippen molar-refractivity contribution in [2.75, 3.05) is 25.4 Å². The van der Waals surface area contributed by atoms with E-state index in [2.05, 4.69) is 38.5 Å². The fraction of sp³-hybridized carbons (Fsp3) is 0.833. The fourth-order valence-corrected chi connectivity index (χ4v) is 2.09. The topological polar surface area (TPSA) is 3.24 Å². The molecule has 0 radical (unpaired) electrons. The first-order valence-corrected chi connectivity index (χ1v) is 6.28. The lowest BCUT2D eigenvalue weighted by molar-refractivity contribution is 0.314. The summed E-state index contributed by atoms with van der Waals surface area (Å²) in [6, 6.07) is 0. The second-order valence-corrected chi connectivity index (χ2v) is 6.27. The molecule has 0 aromatic heterocycles. The van der Waals surface area contributed by atoms with Gasteiger partial charge in [-0.3, -0.25) is 0 Å². The van der Waals surface area contributed by atoms with Gasteiger partial charge in [-0.2, -0.15) is 11.8 Å². The van der Waals surface area contributed by atoms with Gasteiger partial charge in [0.1, 0.15) is 0 Å². The normalized spacial score (nSPS) is 11.7. The Bertz CT molecular complexity index is 176. The zero-order valence-electron chi connectivity index (χ0n) is 9.97. The van der Waals surface area contributed by atoms with Gasteiger partial charge in [0.05, 0.1) is 0 Å². The van der Waals surface area contributed by atoms with Gasteiger partial charge in [-0.15, -0.1) is 12.3 Å². The number of hydrogen-bond acceptors (Lipinski definition) is 2. The van der Waals surface area contributed by atoms with E-state index in [1.165, 1.54) is 5.75 Å². The number of rotatable bonds is 6. The summed E-state index contributed by atoms with van der Waals surface area (Å²) >= 11 is 2.02. The van der Waals surface area contributed by atoms with Crippen molar-refractivity contribution in [3.8, 4) is 12.3 Å². The summed E-state index contributed by atoms with van der Waals surface area (Å²) in [5, 5.41) is 0. The van der Waals surface area contributed by atoms with Crippen molar-refractivity contribution >= 4 is 11.8 Å². The molecule has 0 aromatic carbocycles. The molecule has 0 unspecified atom stereocenters. The van der Waals surface area contributed by atoms with E-state index < -0.39 is 0 Å². The van der Waals surface area contributed by atoms with E-state index in [4.69, 9.17) is 6.42 Å². The molecular formula is C12H23NS. The molecule has 0 spiro atoms. The predicted octanol–water partition coefficient (Wildman–Crippen LogP) is 2.86. The molecule has 0 N–H and O–H groups in total. The first-order valence-electron chi connectivity index (χ1n) is 5.29. The molecule has 0 saturated heterocycles. The standard InChI is InChI=1S/C12H23NS/c1-6-8-9-13(7-2)10-11-14-12(3,4)5/h1H,7-11H2,2-5H3. The largest absolute Gasteiger partial charge is 0.302 e. The van der Waals surface area contributed by atoms with Crippen LogP contribution in [-0.2, 0) is 0 Å². The van der Waals surface area contributed by atoms with Gasteiger partial charge in [-0.25, -0.2) is 0 Å². The van der Waals surface area contributed by atoms with Gasteiger partial charge >= 0.3 is 0 Å². The van der Waals surface area contributed by atoms with Gasteiger partial charge in [0.25, 0.3) is 0 Å². The van der Waals surface area contributed by atoms with Crippen molar-refractivity contribution in [1.29, 1.82) is 0 Å². The molecule has 0 aliphatic rings. The van der Waals surface area contributed by atoms with E-state index in [9.17, 15) is 0 Å². The molecule has 1 nitrogen and oxygen atoms in total. The third-order valence-electron chi connectivity index (χ3n) is 1.96. The molecule has 0 bridgehead atoms. The van der Waals surface area contributed by atoms with Gasteiger partial charge in [0, 0.05) is 30.0 Å². The van der Waals surface area contributed by atoms with Crippen molar-refractivity contribution in [2.45, 2.75) is 38.9 Å². The fourth-order valence-electron chi connectivity index (χ4n) is 1.13. The van der Waals surface area contributed by atoms with Crippen molar-refractivity contribution in [2.24, 2.45) is 0 Å². The maximum absolute atomic E-state index is 5.25. The van der Waals surface area contributed by atoms with Gasteiger partial charge in [0.15, 0.2) is 0 Å². The molecule has 0 aromatic rings.